The van der Waals surface area contributed by atoms with Crippen molar-refractivity contribution in [3.8, 4) is 11.5 Å². The van der Waals surface area contributed by atoms with Crippen LogP contribution in [0.2, 0.25) is 0 Å². The molecule has 0 aliphatic heterocycles. The van der Waals surface area contributed by atoms with Crippen molar-refractivity contribution >= 4 is 29.3 Å². The number of phenols is 1. The van der Waals surface area contributed by atoms with E-state index in [0.29, 0.717) is 18.8 Å². The third kappa shape index (κ3) is 4.72. The largest absolute Gasteiger partial charge is 0.508 e. The number of carbonyl (C=O) groups excluding carboxylic acids is 1. The number of aromatic hydroxyl groups is 1. The molecule has 0 fully saturated rings. The standard InChI is InChI=1S/C27H33NO3.ClH/c1-4-5-13-27-14-12-24(30)25(26(27)23-11-8-21(29)17-20(23)18-27)19-6-9-22(10-7-19)31-16-15-28(2)3;/h6-11,17,29H,4-5,12-16,18H2,1-3H3;1H. The summed E-state index contributed by atoms with van der Waals surface area (Å²) in [5.41, 5.74) is 5.35. The van der Waals surface area contributed by atoms with Gasteiger partial charge in [0, 0.05) is 24.0 Å². The molecule has 0 radical (unpaired) electrons. The van der Waals surface area contributed by atoms with Crippen LogP contribution in [0.3, 0.4) is 0 Å². The third-order valence-electron chi connectivity index (χ3n) is 6.74. The third-order valence-corrected chi connectivity index (χ3v) is 6.74. The number of fused-ring (bicyclic) bond motifs is 3. The Hall–Kier alpha value is -2.30. The molecule has 2 aromatic carbocycles. The highest BCUT2D eigenvalue weighted by molar-refractivity contribution is 6.30. The molecular weight excluding hydrogens is 422 g/mol. The first-order valence-corrected chi connectivity index (χ1v) is 11.4. The molecule has 1 N–H and O–H groups in total. The molecule has 0 saturated carbocycles. The van der Waals surface area contributed by atoms with E-state index in [2.05, 4.69) is 11.8 Å². The Labute approximate surface area is 197 Å². The second-order valence-electron chi connectivity index (χ2n) is 9.25. The number of phenolic OH excluding ortho intramolecular Hbond substituents is 1. The van der Waals surface area contributed by atoms with Gasteiger partial charge in [0.15, 0.2) is 5.78 Å². The van der Waals surface area contributed by atoms with Crippen molar-refractivity contribution in [3.05, 3.63) is 59.2 Å². The molecule has 2 aliphatic rings. The Kier molecular flexibility index (Phi) is 7.68. The molecule has 1 unspecified atom stereocenters. The summed E-state index contributed by atoms with van der Waals surface area (Å²) in [5, 5.41) is 10.1. The first-order valence-electron chi connectivity index (χ1n) is 11.4. The zero-order valence-electron chi connectivity index (χ0n) is 19.3. The van der Waals surface area contributed by atoms with Gasteiger partial charge in [-0.3, -0.25) is 4.79 Å². The van der Waals surface area contributed by atoms with Crippen LogP contribution in [-0.2, 0) is 11.2 Å². The van der Waals surface area contributed by atoms with Crippen LogP contribution in [0.15, 0.2) is 42.5 Å². The number of Topliss-reactive ketones (excluding diaryl/α,β-unsaturated/α-hetero) is 1. The lowest BCUT2D eigenvalue weighted by Crippen LogP contribution is -2.28. The van der Waals surface area contributed by atoms with Crippen LogP contribution >= 0.6 is 12.4 Å². The summed E-state index contributed by atoms with van der Waals surface area (Å²) in [4.78, 5) is 15.3. The van der Waals surface area contributed by atoms with Gasteiger partial charge < -0.3 is 14.7 Å². The molecule has 4 rings (SSSR count). The van der Waals surface area contributed by atoms with Crippen LogP contribution in [0.25, 0.3) is 11.1 Å². The maximum atomic E-state index is 13.2. The highest BCUT2D eigenvalue weighted by Gasteiger charge is 2.46. The summed E-state index contributed by atoms with van der Waals surface area (Å²) in [7, 11) is 4.05. The summed E-state index contributed by atoms with van der Waals surface area (Å²) >= 11 is 0. The van der Waals surface area contributed by atoms with Crippen LogP contribution in [0.4, 0.5) is 0 Å². The second-order valence-corrected chi connectivity index (χ2v) is 9.25. The number of hydrogen-bond donors (Lipinski definition) is 1. The molecule has 0 aromatic heterocycles. The summed E-state index contributed by atoms with van der Waals surface area (Å²) in [6.45, 7) is 3.72. The molecule has 0 heterocycles. The molecule has 0 bridgehead atoms. The highest BCUT2D eigenvalue weighted by atomic mass is 35.5. The SMILES string of the molecule is CCCCC12CCC(=O)C(c3ccc(OCCN(C)C)cc3)=C1c1ccc(O)cc1C2.Cl. The van der Waals surface area contributed by atoms with Crippen LogP contribution < -0.4 is 4.74 Å². The van der Waals surface area contributed by atoms with Crippen molar-refractivity contribution in [2.24, 2.45) is 5.41 Å². The predicted molar refractivity (Wildman–Crippen MR) is 133 cm³/mol. The lowest BCUT2D eigenvalue weighted by Gasteiger charge is -2.36. The second kappa shape index (κ2) is 10.1. The van der Waals surface area contributed by atoms with E-state index < -0.39 is 0 Å². The van der Waals surface area contributed by atoms with E-state index in [9.17, 15) is 9.90 Å². The fourth-order valence-electron chi connectivity index (χ4n) is 5.16. The van der Waals surface area contributed by atoms with Crippen LogP contribution in [0.5, 0.6) is 11.5 Å². The fraction of sp³-hybridized carbons (Fsp3) is 0.444. The van der Waals surface area contributed by atoms with Gasteiger partial charge in [0.05, 0.1) is 0 Å². The summed E-state index contributed by atoms with van der Waals surface area (Å²) < 4.78 is 5.84. The number of benzene rings is 2. The molecule has 172 valence electrons. The Morgan fingerprint density at radius 3 is 2.56 bits per heavy atom. The Morgan fingerprint density at radius 1 is 1.12 bits per heavy atom. The van der Waals surface area contributed by atoms with Crippen LogP contribution in [0.1, 0.15) is 55.7 Å². The Balaban J connectivity index is 0.00000289. The van der Waals surface area contributed by atoms with Gasteiger partial charge in [0.25, 0.3) is 0 Å². The van der Waals surface area contributed by atoms with E-state index in [4.69, 9.17) is 4.74 Å². The average Bonchev–Trinajstić information content (AvgIpc) is 3.06. The maximum absolute atomic E-state index is 13.2. The molecular formula is C27H34ClNO3. The molecule has 2 aromatic rings. The number of unbranched alkanes of at least 4 members (excludes halogenated alkanes) is 1. The predicted octanol–water partition coefficient (Wildman–Crippen LogP) is 5.76. The average molecular weight is 456 g/mol. The number of rotatable bonds is 8. The van der Waals surface area contributed by atoms with Gasteiger partial charge in [-0.15, -0.1) is 12.4 Å². The monoisotopic (exact) mass is 455 g/mol. The van der Waals surface area contributed by atoms with Gasteiger partial charge in [0.1, 0.15) is 18.1 Å². The van der Waals surface area contributed by atoms with Crippen molar-refractivity contribution in [1.29, 1.82) is 0 Å². The normalized spacial score (nSPS) is 19.6. The first-order chi connectivity index (χ1) is 14.9. The number of carbonyl (C=O) groups is 1. The molecule has 4 nitrogen and oxygen atoms in total. The van der Waals surface area contributed by atoms with Gasteiger partial charge in [-0.25, -0.2) is 0 Å². The number of ketones is 1. The van der Waals surface area contributed by atoms with Gasteiger partial charge >= 0.3 is 0 Å². The zero-order valence-corrected chi connectivity index (χ0v) is 20.1. The number of halogens is 1. The molecule has 2 aliphatic carbocycles. The van der Waals surface area contributed by atoms with Crippen molar-refractivity contribution in [2.75, 3.05) is 27.2 Å². The molecule has 5 heteroatoms. The van der Waals surface area contributed by atoms with E-state index >= 15 is 0 Å². The smallest absolute Gasteiger partial charge is 0.163 e. The van der Waals surface area contributed by atoms with Gasteiger partial charge in [0.2, 0.25) is 0 Å². The minimum Gasteiger partial charge on any atom is -0.508 e. The van der Waals surface area contributed by atoms with Gasteiger partial charge in [-0.1, -0.05) is 38.0 Å². The molecule has 0 amide bonds. The van der Waals surface area contributed by atoms with E-state index in [1.54, 1.807) is 6.07 Å². The Morgan fingerprint density at radius 2 is 1.88 bits per heavy atom. The summed E-state index contributed by atoms with van der Waals surface area (Å²) in [6.07, 6.45) is 5.75. The lowest BCUT2D eigenvalue weighted by atomic mass is 9.66. The first kappa shape index (κ1) is 24.3. The molecule has 0 saturated heterocycles. The minimum absolute atomic E-state index is 0. The molecule has 0 spiro atoms. The minimum atomic E-state index is -0.00371. The van der Waals surface area contributed by atoms with Crippen LogP contribution in [0, 0.1) is 5.41 Å². The van der Waals surface area contributed by atoms with Crippen LogP contribution in [-0.4, -0.2) is 43.0 Å². The number of hydrogen-bond acceptors (Lipinski definition) is 4. The van der Waals surface area contributed by atoms with Gasteiger partial charge in [-0.05, 0) is 79.9 Å². The lowest BCUT2D eigenvalue weighted by molar-refractivity contribution is -0.114. The Bertz CT molecular complexity index is 996. The van der Waals surface area contributed by atoms with Crippen molar-refractivity contribution in [2.45, 2.75) is 45.4 Å². The number of likely N-dealkylation sites (N-methyl/N-ethyl adjacent to an activating group) is 1. The highest BCUT2D eigenvalue weighted by Crippen LogP contribution is 2.58. The summed E-state index contributed by atoms with van der Waals surface area (Å²) in [5.74, 6) is 1.36. The van der Waals surface area contributed by atoms with Gasteiger partial charge in [-0.2, -0.15) is 0 Å². The van der Waals surface area contributed by atoms with Crippen molar-refractivity contribution in [3.63, 3.8) is 0 Å². The molecule has 1 atom stereocenters. The maximum Gasteiger partial charge on any atom is 0.163 e. The van der Waals surface area contributed by atoms with E-state index in [-0.39, 0.29) is 23.6 Å². The fourth-order valence-corrected chi connectivity index (χ4v) is 5.16. The quantitative estimate of drug-likeness (QED) is 0.549. The van der Waals surface area contributed by atoms with E-state index in [1.807, 2.05) is 50.5 Å². The summed E-state index contributed by atoms with van der Waals surface area (Å²) in [6, 6.07) is 13.6. The van der Waals surface area contributed by atoms with E-state index in [1.165, 1.54) is 11.1 Å². The number of ether oxygens (including phenoxy) is 1. The van der Waals surface area contributed by atoms with Crippen molar-refractivity contribution < 1.29 is 14.6 Å². The zero-order chi connectivity index (χ0) is 22.0. The molecule has 32 heavy (non-hydrogen) atoms. The topological polar surface area (TPSA) is 49.8 Å². The van der Waals surface area contributed by atoms with Crippen molar-refractivity contribution in [1.82, 2.24) is 4.90 Å². The van der Waals surface area contributed by atoms with E-state index in [0.717, 1.165) is 61.1 Å². The number of nitrogens with zero attached hydrogens (tertiary/aromatic N) is 1. The number of allylic oxidation sites excluding steroid dienone is 2.